The number of benzene rings is 1. The van der Waals surface area contributed by atoms with Crippen LogP contribution in [-0.2, 0) is 0 Å². The number of aromatic nitrogens is 4. The van der Waals surface area contributed by atoms with Crippen LogP contribution in [0.2, 0.25) is 5.02 Å². The highest BCUT2D eigenvalue weighted by molar-refractivity contribution is 6.30. The lowest BCUT2D eigenvalue weighted by molar-refractivity contribution is 0.950. The first-order valence-electron chi connectivity index (χ1n) is 6.17. The molecule has 4 aromatic rings. The van der Waals surface area contributed by atoms with Gasteiger partial charge in [0.2, 0.25) is 0 Å². The molecule has 0 aliphatic carbocycles. The highest BCUT2D eigenvalue weighted by Crippen LogP contribution is 2.23. The van der Waals surface area contributed by atoms with Crippen LogP contribution in [0.25, 0.3) is 27.9 Å². The first-order chi connectivity index (χ1) is 9.81. The maximum Gasteiger partial charge on any atom is 0.183 e. The fraction of sp³-hybridized carbons (Fsp3) is 0. The summed E-state index contributed by atoms with van der Waals surface area (Å²) in [4.78, 5) is 8.92. The van der Waals surface area contributed by atoms with E-state index in [1.807, 2.05) is 48.7 Å². The second-order valence-electron chi connectivity index (χ2n) is 4.47. The van der Waals surface area contributed by atoms with Crippen LogP contribution in [-0.4, -0.2) is 19.6 Å². The molecule has 0 unspecified atom stereocenters. The normalized spacial score (nSPS) is 11.2. The number of rotatable bonds is 1. The van der Waals surface area contributed by atoms with Crippen LogP contribution in [0, 0.1) is 0 Å². The summed E-state index contributed by atoms with van der Waals surface area (Å²) in [6.45, 7) is 0. The van der Waals surface area contributed by atoms with E-state index >= 15 is 0 Å². The Morgan fingerprint density at radius 3 is 2.90 bits per heavy atom. The van der Waals surface area contributed by atoms with Crippen molar-refractivity contribution >= 4 is 28.3 Å². The molecule has 0 aliphatic rings. The fourth-order valence-electron chi connectivity index (χ4n) is 2.24. The van der Waals surface area contributed by atoms with Gasteiger partial charge in [0.05, 0.1) is 11.1 Å². The molecular weight excluding hydrogens is 272 g/mol. The highest BCUT2D eigenvalue weighted by atomic mass is 35.5. The molecule has 0 fully saturated rings. The van der Waals surface area contributed by atoms with Crippen LogP contribution >= 0.6 is 11.6 Å². The molecule has 3 aromatic heterocycles. The minimum atomic E-state index is 0.697. The zero-order chi connectivity index (χ0) is 13.5. The van der Waals surface area contributed by atoms with Gasteiger partial charge < -0.3 is 0 Å². The first-order valence-corrected chi connectivity index (χ1v) is 6.55. The van der Waals surface area contributed by atoms with Gasteiger partial charge in [0.1, 0.15) is 0 Å². The third-order valence-corrected chi connectivity index (χ3v) is 3.40. The fourth-order valence-corrected chi connectivity index (χ4v) is 2.43. The minimum Gasteiger partial charge on any atom is -0.235 e. The third kappa shape index (κ3) is 1.73. The van der Waals surface area contributed by atoms with Gasteiger partial charge in [0.15, 0.2) is 11.3 Å². The predicted molar refractivity (Wildman–Crippen MR) is 78.7 cm³/mol. The largest absolute Gasteiger partial charge is 0.235 e. The molecule has 3 heterocycles. The van der Waals surface area contributed by atoms with E-state index in [1.54, 1.807) is 10.7 Å². The quantitative estimate of drug-likeness (QED) is 0.535. The van der Waals surface area contributed by atoms with Crippen molar-refractivity contribution in [1.29, 1.82) is 0 Å². The average molecular weight is 281 g/mol. The van der Waals surface area contributed by atoms with Gasteiger partial charge in [-0.3, -0.25) is 0 Å². The van der Waals surface area contributed by atoms with Crippen LogP contribution in [0.15, 0.2) is 54.9 Å². The number of nitrogens with zero attached hydrogens (tertiary/aromatic N) is 4. The Morgan fingerprint density at radius 1 is 1.05 bits per heavy atom. The molecular formula is C15H9ClN4. The second-order valence-corrected chi connectivity index (χ2v) is 4.90. The van der Waals surface area contributed by atoms with E-state index in [1.165, 1.54) is 0 Å². The van der Waals surface area contributed by atoms with E-state index in [9.17, 15) is 0 Å². The lowest BCUT2D eigenvalue weighted by Crippen LogP contribution is -1.91. The summed E-state index contributed by atoms with van der Waals surface area (Å²) in [7, 11) is 0. The Balaban J connectivity index is 2.00. The van der Waals surface area contributed by atoms with Crippen molar-refractivity contribution in [1.82, 2.24) is 19.6 Å². The lowest BCUT2D eigenvalue weighted by Gasteiger charge is -2.02. The molecule has 5 heteroatoms. The highest BCUT2D eigenvalue weighted by Gasteiger charge is 2.08. The van der Waals surface area contributed by atoms with Crippen LogP contribution in [0.4, 0.5) is 0 Å². The van der Waals surface area contributed by atoms with Crippen molar-refractivity contribution in [3.8, 4) is 11.3 Å². The van der Waals surface area contributed by atoms with E-state index in [0.717, 1.165) is 22.3 Å². The van der Waals surface area contributed by atoms with Gasteiger partial charge in [-0.1, -0.05) is 23.7 Å². The summed E-state index contributed by atoms with van der Waals surface area (Å²) in [6, 6.07) is 13.4. The topological polar surface area (TPSA) is 43.1 Å². The number of hydrogen-bond acceptors (Lipinski definition) is 3. The smallest absolute Gasteiger partial charge is 0.183 e. The Labute approximate surface area is 119 Å². The van der Waals surface area contributed by atoms with Gasteiger partial charge in [-0.15, -0.1) is 5.10 Å². The molecule has 96 valence electrons. The molecule has 0 bridgehead atoms. The van der Waals surface area contributed by atoms with Crippen molar-refractivity contribution in [2.45, 2.75) is 0 Å². The Morgan fingerprint density at radius 2 is 2.00 bits per heavy atom. The van der Waals surface area contributed by atoms with Crippen LogP contribution < -0.4 is 0 Å². The Kier molecular flexibility index (Phi) is 2.44. The molecule has 0 atom stereocenters. The number of hydrogen-bond donors (Lipinski definition) is 0. The monoisotopic (exact) mass is 280 g/mol. The maximum atomic E-state index is 6.03. The first kappa shape index (κ1) is 11.4. The third-order valence-electron chi connectivity index (χ3n) is 3.17. The average Bonchev–Trinajstić information content (AvgIpc) is 2.85. The van der Waals surface area contributed by atoms with Gasteiger partial charge in [0.25, 0.3) is 0 Å². The SMILES string of the molecule is Clc1cccc(-c2ccn3nc4ncccc4c3n2)c1. The van der Waals surface area contributed by atoms with Gasteiger partial charge in [0, 0.05) is 23.0 Å². The van der Waals surface area contributed by atoms with Crippen molar-refractivity contribution in [2.24, 2.45) is 0 Å². The van der Waals surface area contributed by atoms with Crippen LogP contribution in [0.5, 0.6) is 0 Å². The van der Waals surface area contributed by atoms with E-state index in [4.69, 9.17) is 11.6 Å². The number of halogens is 1. The van der Waals surface area contributed by atoms with Crippen molar-refractivity contribution in [3.63, 3.8) is 0 Å². The summed E-state index contributed by atoms with van der Waals surface area (Å²) in [5.41, 5.74) is 3.35. The standard InChI is InChI=1S/C15H9ClN4/c16-11-4-1-3-10(9-11)13-6-8-20-15(18-13)12-5-2-7-17-14(12)19-20/h1-9H. The van der Waals surface area contributed by atoms with Crippen molar-refractivity contribution < 1.29 is 0 Å². The zero-order valence-electron chi connectivity index (χ0n) is 10.4. The van der Waals surface area contributed by atoms with Crippen molar-refractivity contribution in [2.75, 3.05) is 0 Å². The Hall–Kier alpha value is -2.46. The number of pyridine rings is 1. The van der Waals surface area contributed by atoms with Gasteiger partial charge >= 0.3 is 0 Å². The molecule has 0 saturated carbocycles. The molecule has 4 nitrogen and oxygen atoms in total. The van der Waals surface area contributed by atoms with Crippen LogP contribution in [0.1, 0.15) is 0 Å². The zero-order valence-corrected chi connectivity index (χ0v) is 11.1. The molecule has 4 rings (SSSR count). The second kappa shape index (κ2) is 4.28. The van der Waals surface area contributed by atoms with E-state index in [-0.39, 0.29) is 0 Å². The summed E-state index contributed by atoms with van der Waals surface area (Å²) in [5, 5.41) is 6.02. The summed E-state index contributed by atoms with van der Waals surface area (Å²) in [6.07, 6.45) is 3.62. The van der Waals surface area contributed by atoms with Crippen LogP contribution in [0.3, 0.4) is 0 Å². The van der Waals surface area contributed by atoms with E-state index in [0.29, 0.717) is 10.7 Å². The molecule has 0 radical (unpaired) electrons. The summed E-state index contributed by atoms with van der Waals surface area (Å²) in [5.74, 6) is 0. The van der Waals surface area contributed by atoms with E-state index < -0.39 is 0 Å². The molecule has 0 N–H and O–H groups in total. The van der Waals surface area contributed by atoms with Crippen molar-refractivity contribution in [3.05, 3.63) is 59.9 Å². The van der Waals surface area contributed by atoms with Gasteiger partial charge in [-0.25, -0.2) is 14.5 Å². The predicted octanol–water partition coefficient (Wildman–Crippen LogP) is 3.60. The maximum absolute atomic E-state index is 6.03. The molecule has 0 amide bonds. The molecule has 0 saturated heterocycles. The van der Waals surface area contributed by atoms with E-state index in [2.05, 4.69) is 15.1 Å². The summed E-state index contributed by atoms with van der Waals surface area (Å²) < 4.78 is 1.74. The lowest BCUT2D eigenvalue weighted by atomic mass is 10.1. The Bertz CT molecular complexity index is 929. The molecule has 1 aromatic carbocycles. The van der Waals surface area contributed by atoms with Gasteiger partial charge in [-0.2, -0.15) is 0 Å². The minimum absolute atomic E-state index is 0.697. The number of fused-ring (bicyclic) bond motifs is 3. The van der Waals surface area contributed by atoms with Gasteiger partial charge in [-0.05, 0) is 30.3 Å². The molecule has 0 aliphatic heterocycles. The molecule has 0 spiro atoms. The molecule has 20 heavy (non-hydrogen) atoms. The summed E-state index contributed by atoms with van der Waals surface area (Å²) >= 11 is 6.03.